The highest BCUT2D eigenvalue weighted by molar-refractivity contribution is 5.83. The Morgan fingerprint density at radius 3 is 2.88 bits per heavy atom. The number of carbonyl (C=O) groups excluding carboxylic acids is 1. The van der Waals surface area contributed by atoms with Crippen LogP contribution < -0.4 is 5.32 Å². The fraction of sp³-hybridized carbons (Fsp3) is 0.462. The van der Waals surface area contributed by atoms with Crippen LogP contribution >= 0.6 is 0 Å². The monoisotopic (exact) mass is 234 g/mol. The summed E-state index contributed by atoms with van der Waals surface area (Å²) in [5.74, 6) is 0.406. The van der Waals surface area contributed by atoms with Crippen molar-refractivity contribution in [2.75, 3.05) is 13.6 Å². The number of hydrogen-bond donors (Lipinski definition) is 2. The van der Waals surface area contributed by atoms with Crippen LogP contribution in [0.4, 0.5) is 0 Å². The molecule has 4 heteroatoms. The number of likely N-dealkylation sites (tertiary alicyclic amines) is 1. The van der Waals surface area contributed by atoms with Gasteiger partial charge in [-0.15, -0.1) is 0 Å². The molecule has 2 atom stereocenters. The van der Waals surface area contributed by atoms with Crippen molar-refractivity contribution in [3.63, 3.8) is 0 Å². The second-order valence-corrected chi connectivity index (χ2v) is 4.58. The maximum absolute atomic E-state index is 11.8. The average Bonchev–Trinajstić information content (AvgIpc) is 2.61. The van der Waals surface area contributed by atoms with Gasteiger partial charge in [-0.05, 0) is 31.0 Å². The van der Waals surface area contributed by atoms with E-state index >= 15 is 0 Å². The van der Waals surface area contributed by atoms with Crippen molar-refractivity contribution < 1.29 is 9.90 Å². The Bertz CT molecular complexity index is 420. The number of benzene rings is 1. The number of hydrogen-bond acceptors (Lipinski definition) is 3. The Labute approximate surface area is 101 Å². The summed E-state index contributed by atoms with van der Waals surface area (Å²) in [6.07, 6.45) is 0.846. The van der Waals surface area contributed by atoms with E-state index in [4.69, 9.17) is 0 Å². The molecule has 1 aliphatic heterocycles. The fourth-order valence-corrected chi connectivity index (χ4v) is 2.17. The average molecular weight is 234 g/mol. The molecule has 0 spiro atoms. The lowest BCUT2D eigenvalue weighted by atomic mass is 10.1. The molecule has 1 aromatic carbocycles. The van der Waals surface area contributed by atoms with Crippen LogP contribution in [0.2, 0.25) is 0 Å². The van der Waals surface area contributed by atoms with Crippen molar-refractivity contribution in [1.29, 1.82) is 0 Å². The van der Waals surface area contributed by atoms with Crippen molar-refractivity contribution >= 4 is 5.91 Å². The molecule has 1 fully saturated rings. The number of carbonyl (C=O) groups is 1. The number of aromatic hydroxyl groups is 1. The van der Waals surface area contributed by atoms with Crippen molar-refractivity contribution in [3.8, 4) is 5.75 Å². The minimum Gasteiger partial charge on any atom is -0.508 e. The molecule has 1 heterocycles. The second kappa shape index (κ2) is 4.75. The van der Waals surface area contributed by atoms with Gasteiger partial charge < -0.3 is 10.0 Å². The van der Waals surface area contributed by atoms with Crippen LogP contribution in [-0.4, -0.2) is 35.5 Å². The van der Waals surface area contributed by atoms with E-state index in [1.54, 1.807) is 17.0 Å². The highest BCUT2D eigenvalue weighted by Crippen LogP contribution is 2.20. The first kappa shape index (κ1) is 11.9. The molecule has 1 amide bonds. The number of phenols is 1. The smallest absolute Gasteiger partial charge is 0.239 e. The number of phenolic OH excluding ortho intramolecular Hbond substituents is 1. The van der Waals surface area contributed by atoms with Gasteiger partial charge in [0.15, 0.2) is 0 Å². The number of rotatable bonds is 3. The van der Waals surface area contributed by atoms with E-state index in [1.165, 1.54) is 0 Å². The maximum Gasteiger partial charge on any atom is 0.239 e. The fourth-order valence-electron chi connectivity index (χ4n) is 2.17. The van der Waals surface area contributed by atoms with Gasteiger partial charge in [-0.1, -0.05) is 12.1 Å². The summed E-state index contributed by atoms with van der Waals surface area (Å²) >= 11 is 0. The third-order valence-electron chi connectivity index (χ3n) is 3.25. The largest absolute Gasteiger partial charge is 0.508 e. The third-order valence-corrected chi connectivity index (χ3v) is 3.25. The molecule has 1 saturated heterocycles. The lowest BCUT2D eigenvalue weighted by Crippen LogP contribution is -2.38. The quantitative estimate of drug-likeness (QED) is 0.828. The van der Waals surface area contributed by atoms with Gasteiger partial charge in [-0.3, -0.25) is 10.1 Å². The third kappa shape index (κ3) is 2.58. The molecule has 92 valence electrons. The molecule has 1 aromatic rings. The molecule has 4 nitrogen and oxygen atoms in total. The Balaban J connectivity index is 2.02. The summed E-state index contributed by atoms with van der Waals surface area (Å²) in [6.45, 7) is 2.81. The molecule has 0 bridgehead atoms. The van der Waals surface area contributed by atoms with E-state index in [2.05, 4.69) is 5.32 Å². The van der Waals surface area contributed by atoms with Crippen LogP contribution in [0.1, 0.15) is 24.9 Å². The van der Waals surface area contributed by atoms with Gasteiger partial charge in [0.25, 0.3) is 0 Å². The van der Waals surface area contributed by atoms with E-state index in [-0.39, 0.29) is 23.7 Å². The number of amides is 1. The molecule has 2 N–H and O–H groups in total. The van der Waals surface area contributed by atoms with Crippen molar-refractivity contribution in [2.24, 2.45) is 0 Å². The zero-order chi connectivity index (χ0) is 12.4. The van der Waals surface area contributed by atoms with Crippen LogP contribution in [0.3, 0.4) is 0 Å². The van der Waals surface area contributed by atoms with E-state index in [0.717, 1.165) is 18.5 Å². The van der Waals surface area contributed by atoms with Gasteiger partial charge in [0, 0.05) is 19.6 Å². The molecule has 0 aliphatic carbocycles. The molecule has 2 rings (SSSR count). The van der Waals surface area contributed by atoms with Gasteiger partial charge in [0.2, 0.25) is 5.91 Å². The Kier molecular flexibility index (Phi) is 3.33. The molecule has 1 aliphatic rings. The van der Waals surface area contributed by atoms with Crippen LogP contribution in [0.5, 0.6) is 5.75 Å². The minimum absolute atomic E-state index is 0.0579. The van der Waals surface area contributed by atoms with Gasteiger partial charge in [-0.2, -0.15) is 0 Å². The zero-order valence-electron chi connectivity index (χ0n) is 10.2. The Morgan fingerprint density at radius 1 is 1.53 bits per heavy atom. The predicted octanol–water partition coefficient (Wildman–Crippen LogP) is 1.27. The summed E-state index contributed by atoms with van der Waals surface area (Å²) in [5, 5.41) is 12.7. The summed E-state index contributed by atoms with van der Waals surface area (Å²) in [5.41, 5.74) is 0.993. The molecule has 0 radical (unpaired) electrons. The Morgan fingerprint density at radius 2 is 2.29 bits per heavy atom. The molecular weight excluding hydrogens is 216 g/mol. The second-order valence-electron chi connectivity index (χ2n) is 4.58. The Hall–Kier alpha value is -1.55. The number of nitrogens with zero attached hydrogens (tertiary/aromatic N) is 1. The molecule has 0 aromatic heterocycles. The molecule has 0 saturated carbocycles. The van der Waals surface area contributed by atoms with E-state index < -0.39 is 0 Å². The normalized spacial score (nSPS) is 21.9. The lowest BCUT2D eigenvalue weighted by Gasteiger charge is -2.19. The summed E-state index contributed by atoms with van der Waals surface area (Å²) in [7, 11) is 1.82. The highest BCUT2D eigenvalue weighted by Gasteiger charge is 2.29. The first-order valence-electron chi connectivity index (χ1n) is 5.88. The molecule has 17 heavy (non-hydrogen) atoms. The van der Waals surface area contributed by atoms with E-state index in [1.807, 2.05) is 26.1 Å². The summed E-state index contributed by atoms with van der Waals surface area (Å²) < 4.78 is 0. The van der Waals surface area contributed by atoms with Crippen LogP contribution in [0, 0.1) is 0 Å². The highest BCUT2D eigenvalue weighted by atomic mass is 16.3. The zero-order valence-corrected chi connectivity index (χ0v) is 10.2. The van der Waals surface area contributed by atoms with Crippen LogP contribution in [-0.2, 0) is 4.79 Å². The minimum atomic E-state index is -0.0997. The summed E-state index contributed by atoms with van der Waals surface area (Å²) in [6, 6.07) is 7.08. The van der Waals surface area contributed by atoms with Crippen LogP contribution in [0.15, 0.2) is 24.3 Å². The van der Waals surface area contributed by atoms with Crippen molar-refractivity contribution in [3.05, 3.63) is 29.8 Å². The molecular formula is C13H18N2O2. The van der Waals surface area contributed by atoms with E-state index in [9.17, 15) is 9.90 Å². The number of likely N-dealkylation sites (N-methyl/N-ethyl adjacent to an activating group) is 1. The maximum atomic E-state index is 11.8. The summed E-state index contributed by atoms with van der Waals surface area (Å²) in [4.78, 5) is 13.5. The topological polar surface area (TPSA) is 52.6 Å². The number of nitrogens with one attached hydrogen (secondary N) is 1. The van der Waals surface area contributed by atoms with Crippen LogP contribution in [0.25, 0.3) is 0 Å². The standard InChI is InChI=1S/C13H18N2O2/c1-9(10-4-3-5-11(16)8-10)14-12-6-7-15(2)13(12)17/h3-5,8-9,12,14,16H,6-7H2,1-2H3. The first-order chi connectivity index (χ1) is 8.08. The SMILES string of the molecule is CC(NC1CCN(C)C1=O)c1cccc(O)c1. The molecule has 2 unspecified atom stereocenters. The lowest BCUT2D eigenvalue weighted by molar-refractivity contribution is -0.128. The van der Waals surface area contributed by atoms with Gasteiger partial charge >= 0.3 is 0 Å². The predicted molar refractivity (Wildman–Crippen MR) is 65.7 cm³/mol. The van der Waals surface area contributed by atoms with E-state index in [0.29, 0.717) is 0 Å². The van der Waals surface area contributed by atoms with Crippen molar-refractivity contribution in [1.82, 2.24) is 10.2 Å². The van der Waals surface area contributed by atoms with Crippen molar-refractivity contribution in [2.45, 2.75) is 25.4 Å². The van der Waals surface area contributed by atoms with Gasteiger partial charge in [-0.25, -0.2) is 0 Å². The van der Waals surface area contributed by atoms with Gasteiger partial charge in [0.05, 0.1) is 6.04 Å². The first-order valence-corrected chi connectivity index (χ1v) is 5.88. The van der Waals surface area contributed by atoms with Gasteiger partial charge in [0.1, 0.15) is 5.75 Å².